The molecule has 1 aromatic carbocycles. The van der Waals surface area contributed by atoms with Crippen molar-refractivity contribution in [3.05, 3.63) is 47.0 Å². The Morgan fingerprint density at radius 1 is 1.31 bits per heavy atom. The standard InChI is InChI=1S/C17H21BrN4O3S/c18-16-6-5-14(26(24,25)21-13-3-4-13)11-15(16)17(23)20-7-1-2-9-22-10-8-19-12-22/h5-6,8,10-13,21H,1-4,7,9H2,(H,20,23). The van der Waals surface area contributed by atoms with Gasteiger partial charge in [0.1, 0.15) is 0 Å². The van der Waals surface area contributed by atoms with Crippen LogP contribution in [0, 0.1) is 0 Å². The third-order valence-electron chi connectivity index (χ3n) is 4.08. The highest BCUT2D eigenvalue weighted by molar-refractivity contribution is 9.10. The zero-order chi connectivity index (χ0) is 18.6. The van der Waals surface area contributed by atoms with Crippen LogP contribution in [0.25, 0.3) is 0 Å². The van der Waals surface area contributed by atoms with Gasteiger partial charge in [0.25, 0.3) is 5.91 Å². The maximum Gasteiger partial charge on any atom is 0.252 e. The second-order valence-corrected chi connectivity index (χ2v) is 8.87. The summed E-state index contributed by atoms with van der Waals surface area (Å²) in [6.07, 6.45) is 8.86. The molecule has 2 aromatic rings. The Morgan fingerprint density at radius 2 is 2.12 bits per heavy atom. The summed E-state index contributed by atoms with van der Waals surface area (Å²) in [4.78, 5) is 16.5. The molecule has 140 valence electrons. The van der Waals surface area contributed by atoms with Crippen molar-refractivity contribution < 1.29 is 13.2 Å². The highest BCUT2D eigenvalue weighted by Gasteiger charge is 2.28. The summed E-state index contributed by atoms with van der Waals surface area (Å²) in [6.45, 7) is 1.37. The van der Waals surface area contributed by atoms with E-state index in [0.29, 0.717) is 16.6 Å². The molecule has 26 heavy (non-hydrogen) atoms. The van der Waals surface area contributed by atoms with Gasteiger partial charge in [0.15, 0.2) is 0 Å². The molecule has 1 saturated carbocycles. The Balaban J connectivity index is 1.55. The number of sulfonamides is 1. The predicted molar refractivity (Wildman–Crippen MR) is 101 cm³/mol. The van der Waals surface area contributed by atoms with Gasteiger partial charge in [0.2, 0.25) is 10.0 Å². The van der Waals surface area contributed by atoms with Gasteiger partial charge in [-0.25, -0.2) is 18.1 Å². The number of aryl methyl sites for hydroxylation is 1. The van der Waals surface area contributed by atoms with Crippen LogP contribution in [0.5, 0.6) is 0 Å². The van der Waals surface area contributed by atoms with E-state index >= 15 is 0 Å². The van der Waals surface area contributed by atoms with E-state index in [1.807, 2.05) is 10.8 Å². The number of halogens is 1. The van der Waals surface area contributed by atoms with E-state index in [1.54, 1.807) is 18.6 Å². The van der Waals surface area contributed by atoms with Crippen molar-refractivity contribution in [1.82, 2.24) is 19.6 Å². The molecule has 0 bridgehead atoms. The zero-order valence-corrected chi connectivity index (χ0v) is 16.6. The quantitative estimate of drug-likeness (QED) is 0.584. The maximum atomic E-state index is 12.4. The number of benzene rings is 1. The molecular weight excluding hydrogens is 420 g/mol. The molecule has 1 aliphatic rings. The van der Waals surface area contributed by atoms with Gasteiger partial charge in [-0.1, -0.05) is 0 Å². The molecule has 3 rings (SSSR count). The molecule has 1 heterocycles. The summed E-state index contributed by atoms with van der Waals surface area (Å²) in [5.41, 5.74) is 0.318. The van der Waals surface area contributed by atoms with E-state index in [-0.39, 0.29) is 16.8 Å². The number of amides is 1. The number of nitrogens with zero attached hydrogens (tertiary/aromatic N) is 2. The molecule has 0 unspecified atom stereocenters. The Morgan fingerprint density at radius 3 is 2.81 bits per heavy atom. The summed E-state index contributed by atoms with van der Waals surface area (Å²) in [5, 5.41) is 2.84. The summed E-state index contributed by atoms with van der Waals surface area (Å²) < 4.78 is 29.8. The number of hydrogen-bond acceptors (Lipinski definition) is 4. The number of rotatable bonds is 9. The third kappa shape index (κ3) is 5.15. The van der Waals surface area contributed by atoms with Crippen molar-refractivity contribution in [3.8, 4) is 0 Å². The topological polar surface area (TPSA) is 93.1 Å². The van der Waals surface area contributed by atoms with Crippen molar-refractivity contribution >= 4 is 31.9 Å². The van der Waals surface area contributed by atoms with Crippen molar-refractivity contribution in [2.24, 2.45) is 0 Å². The lowest BCUT2D eigenvalue weighted by atomic mass is 10.2. The van der Waals surface area contributed by atoms with Crippen LogP contribution in [0.15, 0.2) is 46.3 Å². The van der Waals surface area contributed by atoms with Gasteiger partial charge in [-0.05, 0) is 59.8 Å². The molecule has 0 aliphatic heterocycles. The largest absolute Gasteiger partial charge is 0.352 e. The fraction of sp³-hybridized carbons (Fsp3) is 0.412. The van der Waals surface area contributed by atoms with Crippen LogP contribution in [0.2, 0.25) is 0 Å². The number of unbranched alkanes of at least 4 members (excludes halogenated alkanes) is 1. The van der Waals surface area contributed by atoms with Crippen LogP contribution in [-0.4, -0.2) is 36.5 Å². The molecule has 2 N–H and O–H groups in total. The summed E-state index contributed by atoms with van der Waals surface area (Å²) in [6, 6.07) is 4.53. The first-order chi connectivity index (χ1) is 12.5. The number of hydrogen-bond donors (Lipinski definition) is 2. The predicted octanol–water partition coefficient (Wildman–Crippen LogP) is 2.30. The van der Waals surface area contributed by atoms with Gasteiger partial charge in [-0.15, -0.1) is 0 Å². The molecule has 1 aromatic heterocycles. The van der Waals surface area contributed by atoms with Gasteiger partial charge >= 0.3 is 0 Å². The second-order valence-electron chi connectivity index (χ2n) is 6.30. The van der Waals surface area contributed by atoms with Crippen LogP contribution in [0.1, 0.15) is 36.0 Å². The van der Waals surface area contributed by atoms with E-state index in [0.717, 1.165) is 32.2 Å². The highest BCUT2D eigenvalue weighted by atomic mass is 79.9. The van der Waals surface area contributed by atoms with Gasteiger partial charge in [-0.3, -0.25) is 4.79 Å². The van der Waals surface area contributed by atoms with Crippen LogP contribution in [-0.2, 0) is 16.6 Å². The van der Waals surface area contributed by atoms with Crippen LogP contribution >= 0.6 is 15.9 Å². The molecule has 9 heteroatoms. The fourth-order valence-electron chi connectivity index (χ4n) is 2.47. The summed E-state index contributed by atoms with van der Waals surface area (Å²) >= 11 is 3.32. The minimum atomic E-state index is -3.58. The van der Waals surface area contributed by atoms with Crippen molar-refractivity contribution in [2.75, 3.05) is 6.54 Å². The molecule has 7 nitrogen and oxygen atoms in total. The van der Waals surface area contributed by atoms with E-state index < -0.39 is 10.0 Å². The van der Waals surface area contributed by atoms with E-state index in [4.69, 9.17) is 0 Å². The lowest BCUT2D eigenvalue weighted by molar-refractivity contribution is 0.0952. The fourth-order valence-corrected chi connectivity index (χ4v) is 4.23. The Bertz CT molecular complexity index is 864. The van der Waals surface area contributed by atoms with Crippen molar-refractivity contribution in [1.29, 1.82) is 0 Å². The normalized spacial score (nSPS) is 14.3. The van der Waals surface area contributed by atoms with Crippen LogP contribution < -0.4 is 10.0 Å². The van der Waals surface area contributed by atoms with Crippen LogP contribution in [0.4, 0.5) is 0 Å². The Hall–Kier alpha value is -1.71. The molecule has 1 fully saturated rings. The molecule has 0 spiro atoms. The second kappa shape index (κ2) is 8.32. The van der Waals surface area contributed by atoms with Crippen molar-refractivity contribution in [2.45, 2.75) is 43.2 Å². The molecular formula is C17H21BrN4O3S. The Kier molecular flexibility index (Phi) is 6.10. The monoisotopic (exact) mass is 440 g/mol. The van der Waals surface area contributed by atoms with E-state index in [2.05, 4.69) is 31.0 Å². The van der Waals surface area contributed by atoms with Gasteiger partial charge in [0, 0.05) is 36.0 Å². The average molecular weight is 441 g/mol. The summed E-state index contributed by atoms with van der Waals surface area (Å²) in [7, 11) is -3.58. The maximum absolute atomic E-state index is 12.4. The number of nitrogens with one attached hydrogen (secondary N) is 2. The zero-order valence-electron chi connectivity index (χ0n) is 14.2. The number of carbonyl (C=O) groups excluding carboxylic acids is 1. The summed E-state index contributed by atoms with van der Waals surface area (Å²) in [5.74, 6) is -0.289. The lowest BCUT2D eigenvalue weighted by Gasteiger charge is -2.10. The first-order valence-electron chi connectivity index (χ1n) is 8.51. The first kappa shape index (κ1) is 19.1. The molecule has 0 atom stereocenters. The van der Waals surface area contributed by atoms with Gasteiger partial charge < -0.3 is 9.88 Å². The average Bonchev–Trinajstić information content (AvgIpc) is 3.24. The minimum Gasteiger partial charge on any atom is -0.352 e. The molecule has 1 amide bonds. The molecule has 1 aliphatic carbocycles. The molecule has 0 saturated heterocycles. The number of carbonyl (C=O) groups is 1. The SMILES string of the molecule is O=C(NCCCCn1ccnc1)c1cc(S(=O)(=O)NC2CC2)ccc1Br. The smallest absolute Gasteiger partial charge is 0.252 e. The van der Waals surface area contributed by atoms with E-state index in [9.17, 15) is 13.2 Å². The number of aromatic nitrogens is 2. The highest BCUT2D eigenvalue weighted by Crippen LogP contribution is 2.25. The van der Waals surface area contributed by atoms with Crippen molar-refractivity contribution in [3.63, 3.8) is 0 Å². The van der Waals surface area contributed by atoms with Crippen LogP contribution in [0.3, 0.4) is 0 Å². The lowest BCUT2D eigenvalue weighted by Crippen LogP contribution is -2.27. The number of imidazole rings is 1. The Labute approximate surface area is 161 Å². The van der Waals surface area contributed by atoms with Gasteiger partial charge in [0.05, 0.1) is 16.8 Å². The molecule has 0 radical (unpaired) electrons. The van der Waals surface area contributed by atoms with E-state index in [1.165, 1.54) is 12.1 Å². The first-order valence-corrected chi connectivity index (χ1v) is 10.8. The third-order valence-corrected chi connectivity index (χ3v) is 6.29. The van der Waals surface area contributed by atoms with Gasteiger partial charge in [-0.2, -0.15) is 0 Å². The minimum absolute atomic E-state index is 0.0245.